The van der Waals surface area contributed by atoms with Crippen molar-refractivity contribution in [2.24, 2.45) is 11.8 Å². The predicted octanol–water partition coefficient (Wildman–Crippen LogP) is 2.97. The van der Waals surface area contributed by atoms with Crippen LogP contribution in [-0.4, -0.2) is 18.4 Å². The minimum Gasteiger partial charge on any atom is -0.465 e. The minimum absolute atomic E-state index is 0.0374. The Morgan fingerprint density at radius 1 is 1.06 bits per heavy atom. The van der Waals surface area contributed by atoms with E-state index in [1.807, 2.05) is 0 Å². The molecular formula is C13H24O3. The van der Waals surface area contributed by atoms with Crippen LogP contribution in [0.4, 0.5) is 0 Å². The molecule has 94 valence electrons. The van der Waals surface area contributed by atoms with E-state index in [2.05, 4.69) is 6.92 Å². The molecule has 0 N–H and O–H groups in total. The number of Topliss-reactive ketones (excluding diaryl/α,β-unsaturated/α-hetero) is 1. The van der Waals surface area contributed by atoms with Crippen molar-refractivity contribution in [3.63, 3.8) is 0 Å². The third-order valence-corrected chi connectivity index (χ3v) is 3.01. The van der Waals surface area contributed by atoms with Gasteiger partial charge in [-0.05, 0) is 13.3 Å². The zero-order valence-corrected chi connectivity index (χ0v) is 10.9. The summed E-state index contributed by atoms with van der Waals surface area (Å²) in [6, 6.07) is 0. The normalized spacial score (nSPS) is 14.2. The predicted molar refractivity (Wildman–Crippen MR) is 64.1 cm³/mol. The Kier molecular flexibility index (Phi) is 7.86. The molecule has 0 fully saturated rings. The quantitative estimate of drug-likeness (QED) is 0.474. The minimum atomic E-state index is -0.330. The summed E-state index contributed by atoms with van der Waals surface area (Å²) in [7, 11) is 0. The highest BCUT2D eigenvalue weighted by Gasteiger charge is 2.24. The summed E-state index contributed by atoms with van der Waals surface area (Å²) in [6.45, 7) is 7.65. The van der Waals surface area contributed by atoms with Crippen molar-refractivity contribution in [1.29, 1.82) is 0 Å². The summed E-state index contributed by atoms with van der Waals surface area (Å²) in [5.74, 6) is -0.790. The average molecular weight is 228 g/mol. The van der Waals surface area contributed by atoms with Crippen molar-refractivity contribution >= 4 is 11.8 Å². The van der Waals surface area contributed by atoms with Gasteiger partial charge in [-0.2, -0.15) is 0 Å². The van der Waals surface area contributed by atoms with Crippen LogP contribution in [-0.2, 0) is 14.3 Å². The molecule has 2 unspecified atom stereocenters. The summed E-state index contributed by atoms with van der Waals surface area (Å²) in [4.78, 5) is 22.6. The largest absolute Gasteiger partial charge is 0.465 e. The van der Waals surface area contributed by atoms with Crippen LogP contribution in [0.2, 0.25) is 0 Å². The van der Waals surface area contributed by atoms with E-state index in [0.29, 0.717) is 6.61 Å². The summed E-state index contributed by atoms with van der Waals surface area (Å²) in [5, 5.41) is 0. The van der Waals surface area contributed by atoms with Crippen molar-refractivity contribution < 1.29 is 14.3 Å². The molecule has 3 nitrogen and oxygen atoms in total. The molecule has 0 aromatic carbocycles. The van der Waals surface area contributed by atoms with Crippen molar-refractivity contribution in [1.82, 2.24) is 0 Å². The summed E-state index contributed by atoms with van der Waals surface area (Å²) < 4.78 is 5.13. The van der Waals surface area contributed by atoms with Crippen molar-refractivity contribution in [3.05, 3.63) is 0 Å². The van der Waals surface area contributed by atoms with Crippen LogP contribution < -0.4 is 0 Å². The molecule has 0 aliphatic carbocycles. The lowest BCUT2D eigenvalue weighted by Crippen LogP contribution is -2.26. The topological polar surface area (TPSA) is 43.4 Å². The smallest absolute Gasteiger partial charge is 0.309 e. The van der Waals surface area contributed by atoms with Gasteiger partial charge in [-0.1, -0.05) is 40.0 Å². The Hall–Kier alpha value is -0.860. The second-order valence-electron chi connectivity index (χ2n) is 4.42. The molecule has 0 aromatic rings. The highest BCUT2D eigenvalue weighted by molar-refractivity contribution is 5.84. The second-order valence-corrected chi connectivity index (χ2v) is 4.42. The number of unbranched alkanes of at least 4 members (excludes halogenated alkanes) is 3. The average Bonchev–Trinajstić information content (AvgIpc) is 2.26. The lowest BCUT2D eigenvalue weighted by atomic mass is 9.93. The van der Waals surface area contributed by atoms with Gasteiger partial charge < -0.3 is 4.74 Å². The molecule has 0 saturated heterocycles. The number of ketones is 1. The van der Waals surface area contributed by atoms with E-state index in [0.717, 1.165) is 12.8 Å². The zero-order chi connectivity index (χ0) is 12.6. The van der Waals surface area contributed by atoms with Gasteiger partial charge in [0.2, 0.25) is 0 Å². The first-order valence-corrected chi connectivity index (χ1v) is 6.17. The molecule has 0 bridgehead atoms. The van der Waals surface area contributed by atoms with Crippen molar-refractivity contribution in [2.45, 2.75) is 53.4 Å². The van der Waals surface area contributed by atoms with Crippen molar-refractivity contribution in [2.75, 3.05) is 6.61 Å². The third-order valence-electron chi connectivity index (χ3n) is 3.01. The SMILES string of the molecule is CCCCCCOC(=O)C(C)C(C)C(C)=O. The molecule has 0 radical (unpaired) electrons. The molecule has 16 heavy (non-hydrogen) atoms. The fraction of sp³-hybridized carbons (Fsp3) is 0.846. The fourth-order valence-corrected chi connectivity index (χ4v) is 1.39. The van der Waals surface area contributed by atoms with Crippen LogP contribution in [0.5, 0.6) is 0 Å². The molecule has 0 heterocycles. The number of rotatable bonds is 8. The van der Waals surface area contributed by atoms with Gasteiger partial charge in [-0.3, -0.25) is 9.59 Å². The van der Waals surface area contributed by atoms with Crippen LogP contribution in [0.15, 0.2) is 0 Å². The Labute approximate surface area is 98.6 Å². The van der Waals surface area contributed by atoms with Crippen LogP contribution in [0.3, 0.4) is 0 Å². The van der Waals surface area contributed by atoms with Crippen LogP contribution >= 0.6 is 0 Å². The van der Waals surface area contributed by atoms with E-state index in [9.17, 15) is 9.59 Å². The molecule has 0 spiro atoms. The van der Waals surface area contributed by atoms with E-state index >= 15 is 0 Å². The first kappa shape index (κ1) is 15.1. The van der Waals surface area contributed by atoms with E-state index in [-0.39, 0.29) is 23.6 Å². The summed E-state index contributed by atoms with van der Waals surface area (Å²) >= 11 is 0. The van der Waals surface area contributed by atoms with Crippen LogP contribution in [0.1, 0.15) is 53.4 Å². The molecular weight excluding hydrogens is 204 g/mol. The molecule has 0 saturated carbocycles. The van der Waals surface area contributed by atoms with Gasteiger partial charge in [0.1, 0.15) is 5.78 Å². The first-order valence-electron chi connectivity index (χ1n) is 6.17. The Balaban J connectivity index is 3.75. The third kappa shape index (κ3) is 5.89. The first-order chi connectivity index (χ1) is 7.50. The zero-order valence-electron chi connectivity index (χ0n) is 10.9. The van der Waals surface area contributed by atoms with Gasteiger partial charge in [0.05, 0.1) is 12.5 Å². The maximum atomic E-state index is 11.5. The number of carbonyl (C=O) groups is 2. The summed E-state index contributed by atoms with van der Waals surface area (Å²) in [5.41, 5.74) is 0. The van der Waals surface area contributed by atoms with Gasteiger partial charge in [-0.15, -0.1) is 0 Å². The second kappa shape index (κ2) is 8.31. The monoisotopic (exact) mass is 228 g/mol. The number of ether oxygens (including phenoxy) is 1. The highest BCUT2D eigenvalue weighted by atomic mass is 16.5. The van der Waals surface area contributed by atoms with E-state index in [1.54, 1.807) is 13.8 Å². The van der Waals surface area contributed by atoms with Gasteiger partial charge >= 0.3 is 5.97 Å². The van der Waals surface area contributed by atoms with Gasteiger partial charge in [-0.25, -0.2) is 0 Å². The number of hydrogen-bond acceptors (Lipinski definition) is 3. The summed E-state index contributed by atoms with van der Waals surface area (Å²) in [6.07, 6.45) is 4.36. The standard InChI is InChI=1S/C13H24O3/c1-5-6-7-8-9-16-13(15)11(3)10(2)12(4)14/h10-11H,5-9H2,1-4H3. The van der Waals surface area contributed by atoms with E-state index in [4.69, 9.17) is 4.74 Å². The molecule has 0 aliphatic rings. The molecule has 0 aliphatic heterocycles. The molecule has 0 aromatic heterocycles. The van der Waals surface area contributed by atoms with E-state index < -0.39 is 0 Å². The molecule has 0 amide bonds. The Bertz CT molecular complexity index is 223. The maximum absolute atomic E-state index is 11.5. The number of carbonyl (C=O) groups excluding carboxylic acids is 2. The highest BCUT2D eigenvalue weighted by Crippen LogP contribution is 2.14. The van der Waals surface area contributed by atoms with Crippen LogP contribution in [0.25, 0.3) is 0 Å². The maximum Gasteiger partial charge on any atom is 0.309 e. The molecule has 2 atom stereocenters. The Morgan fingerprint density at radius 3 is 2.19 bits per heavy atom. The number of hydrogen-bond donors (Lipinski definition) is 0. The van der Waals surface area contributed by atoms with Gasteiger partial charge in [0.15, 0.2) is 0 Å². The lowest BCUT2D eigenvalue weighted by molar-refractivity contribution is -0.151. The lowest BCUT2D eigenvalue weighted by Gasteiger charge is -2.15. The fourth-order valence-electron chi connectivity index (χ4n) is 1.39. The Morgan fingerprint density at radius 2 is 1.69 bits per heavy atom. The molecule has 3 heteroatoms. The van der Waals surface area contributed by atoms with E-state index in [1.165, 1.54) is 19.8 Å². The number of esters is 1. The van der Waals surface area contributed by atoms with Gasteiger partial charge in [0, 0.05) is 5.92 Å². The van der Waals surface area contributed by atoms with Crippen molar-refractivity contribution in [3.8, 4) is 0 Å². The van der Waals surface area contributed by atoms with Crippen LogP contribution in [0, 0.1) is 11.8 Å². The molecule has 0 rings (SSSR count). The van der Waals surface area contributed by atoms with Gasteiger partial charge in [0.25, 0.3) is 0 Å².